The fraction of sp³-hybridized carbons (Fsp3) is 0.556. The zero-order chi connectivity index (χ0) is 10.4. The summed E-state index contributed by atoms with van der Waals surface area (Å²) in [7, 11) is 1.44. The zero-order valence-electron chi connectivity index (χ0n) is 8.00. The molecule has 1 unspecified atom stereocenters. The molecule has 13 heavy (non-hydrogen) atoms. The standard InChI is InChI=1S/C9H13NO3/c1-4-6-8(11)10(3)7(5-2)9(12)13/h7H,5H2,1-3H3,(H,12,13). The average molecular weight is 183 g/mol. The first-order valence-electron chi connectivity index (χ1n) is 3.96. The molecule has 0 radical (unpaired) electrons. The smallest absolute Gasteiger partial charge is 0.326 e. The minimum Gasteiger partial charge on any atom is -0.480 e. The second-order valence-electron chi connectivity index (χ2n) is 2.55. The molecule has 0 saturated carbocycles. The van der Waals surface area contributed by atoms with Crippen LogP contribution in [0.3, 0.4) is 0 Å². The topological polar surface area (TPSA) is 57.6 Å². The number of aliphatic carboxylic acids is 1. The Morgan fingerprint density at radius 1 is 1.54 bits per heavy atom. The van der Waals surface area contributed by atoms with Gasteiger partial charge in [0.25, 0.3) is 5.91 Å². The van der Waals surface area contributed by atoms with Gasteiger partial charge in [-0.1, -0.05) is 12.8 Å². The number of likely N-dealkylation sites (N-methyl/N-ethyl adjacent to an activating group) is 1. The molecule has 1 amide bonds. The van der Waals surface area contributed by atoms with E-state index in [1.807, 2.05) is 0 Å². The molecule has 72 valence electrons. The van der Waals surface area contributed by atoms with Crippen LogP contribution in [-0.2, 0) is 9.59 Å². The molecule has 4 heteroatoms. The van der Waals surface area contributed by atoms with Gasteiger partial charge < -0.3 is 10.0 Å². The first-order valence-corrected chi connectivity index (χ1v) is 3.96. The van der Waals surface area contributed by atoms with Gasteiger partial charge >= 0.3 is 5.97 Å². The van der Waals surface area contributed by atoms with Crippen molar-refractivity contribution in [2.75, 3.05) is 7.05 Å². The maximum atomic E-state index is 11.1. The summed E-state index contributed by atoms with van der Waals surface area (Å²) < 4.78 is 0. The molecular formula is C9H13NO3. The minimum absolute atomic E-state index is 0.378. The largest absolute Gasteiger partial charge is 0.480 e. The molecule has 0 saturated heterocycles. The second kappa shape index (κ2) is 5.20. The van der Waals surface area contributed by atoms with Crippen molar-refractivity contribution in [1.29, 1.82) is 0 Å². The highest BCUT2D eigenvalue weighted by atomic mass is 16.4. The lowest BCUT2D eigenvalue weighted by atomic mass is 10.2. The van der Waals surface area contributed by atoms with Crippen LogP contribution >= 0.6 is 0 Å². The lowest BCUT2D eigenvalue weighted by Crippen LogP contribution is -2.41. The van der Waals surface area contributed by atoms with Gasteiger partial charge in [-0.25, -0.2) is 4.79 Å². The highest BCUT2D eigenvalue weighted by Crippen LogP contribution is 2.01. The molecule has 0 aliphatic carbocycles. The van der Waals surface area contributed by atoms with Crippen molar-refractivity contribution < 1.29 is 14.7 Å². The molecule has 0 aromatic heterocycles. The van der Waals surface area contributed by atoms with Gasteiger partial charge in [0.05, 0.1) is 0 Å². The highest BCUT2D eigenvalue weighted by Gasteiger charge is 2.23. The molecule has 0 rings (SSSR count). The Hall–Kier alpha value is -1.50. The van der Waals surface area contributed by atoms with Gasteiger partial charge in [-0.3, -0.25) is 4.79 Å². The molecule has 0 aromatic carbocycles. The van der Waals surface area contributed by atoms with E-state index in [4.69, 9.17) is 5.11 Å². The number of nitrogens with zero attached hydrogens (tertiary/aromatic N) is 1. The Balaban J connectivity index is 4.51. The molecule has 0 aliphatic heterocycles. The van der Waals surface area contributed by atoms with Crippen LogP contribution in [0.15, 0.2) is 0 Å². The van der Waals surface area contributed by atoms with Crippen LogP contribution in [0, 0.1) is 11.8 Å². The quantitative estimate of drug-likeness (QED) is 0.641. The van der Waals surface area contributed by atoms with E-state index >= 15 is 0 Å². The number of carboxylic acid groups (broad SMARTS) is 1. The Bertz CT molecular complexity index is 262. The lowest BCUT2D eigenvalue weighted by molar-refractivity contribution is -0.147. The van der Waals surface area contributed by atoms with Crippen LogP contribution in [0.4, 0.5) is 0 Å². The summed E-state index contributed by atoms with van der Waals surface area (Å²) in [6, 6.07) is -0.784. The van der Waals surface area contributed by atoms with E-state index in [1.165, 1.54) is 14.0 Å². The molecule has 0 aliphatic rings. The predicted octanol–water partition coefficient (Wildman–Crippen LogP) is 0.331. The summed E-state index contributed by atoms with van der Waals surface area (Å²) in [6.45, 7) is 3.25. The van der Waals surface area contributed by atoms with Crippen molar-refractivity contribution in [2.24, 2.45) is 0 Å². The molecule has 0 aromatic rings. The van der Waals surface area contributed by atoms with Gasteiger partial charge in [0.15, 0.2) is 0 Å². The first kappa shape index (κ1) is 11.5. The average Bonchev–Trinajstić information content (AvgIpc) is 2.05. The number of carbonyl (C=O) groups excluding carboxylic acids is 1. The van der Waals surface area contributed by atoms with Crippen LogP contribution in [0.2, 0.25) is 0 Å². The van der Waals surface area contributed by atoms with Crippen molar-refractivity contribution in [1.82, 2.24) is 4.90 Å². The van der Waals surface area contributed by atoms with Crippen molar-refractivity contribution in [3.63, 3.8) is 0 Å². The van der Waals surface area contributed by atoms with Crippen LogP contribution in [-0.4, -0.2) is 35.0 Å². The maximum Gasteiger partial charge on any atom is 0.326 e. The maximum absolute atomic E-state index is 11.1. The molecular weight excluding hydrogens is 170 g/mol. The summed E-state index contributed by atoms with van der Waals surface area (Å²) in [6.07, 6.45) is 0.378. The van der Waals surface area contributed by atoms with E-state index in [2.05, 4.69) is 11.8 Å². The monoisotopic (exact) mass is 183 g/mol. The summed E-state index contributed by atoms with van der Waals surface area (Å²) >= 11 is 0. The van der Waals surface area contributed by atoms with Crippen LogP contribution in [0.1, 0.15) is 20.3 Å². The second-order valence-corrected chi connectivity index (χ2v) is 2.55. The number of rotatable bonds is 3. The molecule has 0 fully saturated rings. The fourth-order valence-electron chi connectivity index (χ4n) is 0.951. The lowest BCUT2D eigenvalue weighted by Gasteiger charge is -2.20. The SMILES string of the molecule is CC#CC(=O)N(C)C(CC)C(=O)O. The van der Waals surface area contributed by atoms with E-state index in [0.717, 1.165) is 4.90 Å². The zero-order valence-corrected chi connectivity index (χ0v) is 8.00. The van der Waals surface area contributed by atoms with Crippen molar-refractivity contribution in [3.05, 3.63) is 0 Å². The van der Waals surface area contributed by atoms with Crippen molar-refractivity contribution in [2.45, 2.75) is 26.3 Å². The third kappa shape index (κ3) is 3.16. The van der Waals surface area contributed by atoms with Crippen LogP contribution in [0.5, 0.6) is 0 Å². The van der Waals surface area contributed by atoms with Gasteiger partial charge in [0, 0.05) is 7.05 Å². The molecule has 1 atom stereocenters. The number of carboxylic acids is 1. The van der Waals surface area contributed by atoms with Crippen LogP contribution in [0.25, 0.3) is 0 Å². The van der Waals surface area contributed by atoms with E-state index in [1.54, 1.807) is 6.92 Å². The number of hydrogen-bond acceptors (Lipinski definition) is 2. The van der Waals surface area contributed by atoms with Gasteiger partial charge in [-0.15, -0.1) is 0 Å². The first-order chi connectivity index (χ1) is 6.04. The molecule has 1 N–H and O–H groups in total. The van der Waals surface area contributed by atoms with Crippen molar-refractivity contribution in [3.8, 4) is 11.8 Å². The predicted molar refractivity (Wildman–Crippen MR) is 47.9 cm³/mol. The number of carbonyl (C=O) groups is 2. The fourth-order valence-corrected chi connectivity index (χ4v) is 0.951. The minimum atomic E-state index is -1.00. The van der Waals surface area contributed by atoms with Gasteiger partial charge in [-0.05, 0) is 19.3 Å². The third-order valence-corrected chi connectivity index (χ3v) is 1.69. The van der Waals surface area contributed by atoms with E-state index in [-0.39, 0.29) is 0 Å². The van der Waals surface area contributed by atoms with E-state index in [0.29, 0.717) is 6.42 Å². The van der Waals surface area contributed by atoms with Gasteiger partial charge in [-0.2, -0.15) is 0 Å². The molecule has 0 spiro atoms. The van der Waals surface area contributed by atoms with Gasteiger partial charge in [0.2, 0.25) is 0 Å². The molecule has 0 bridgehead atoms. The van der Waals surface area contributed by atoms with Crippen molar-refractivity contribution >= 4 is 11.9 Å². The number of amides is 1. The normalized spacial score (nSPS) is 11.0. The Morgan fingerprint density at radius 3 is 2.38 bits per heavy atom. The third-order valence-electron chi connectivity index (χ3n) is 1.69. The molecule has 0 heterocycles. The van der Waals surface area contributed by atoms with Gasteiger partial charge in [0.1, 0.15) is 6.04 Å². The van der Waals surface area contributed by atoms with E-state index < -0.39 is 17.9 Å². The van der Waals surface area contributed by atoms with E-state index in [9.17, 15) is 9.59 Å². The summed E-state index contributed by atoms with van der Waals surface area (Å²) in [5.41, 5.74) is 0. The highest BCUT2D eigenvalue weighted by molar-refractivity contribution is 5.95. The number of hydrogen-bond donors (Lipinski definition) is 1. The summed E-state index contributed by atoms with van der Waals surface area (Å²) in [4.78, 5) is 22.9. The summed E-state index contributed by atoms with van der Waals surface area (Å²) in [5, 5.41) is 8.72. The van der Waals surface area contributed by atoms with Crippen LogP contribution < -0.4 is 0 Å². The summed E-state index contributed by atoms with van der Waals surface area (Å²) in [5.74, 6) is 3.26. The Kier molecular flexibility index (Phi) is 4.60. The molecule has 4 nitrogen and oxygen atoms in total. The Labute approximate surface area is 77.5 Å². The Morgan fingerprint density at radius 2 is 2.08 bits per heavy atom.